The van der Waals surface area contributed by atoms with Crippen LogP contribution in [-0.4, -0.2) is 41.4 Å². The molecule has 0 atom stereocenters. The lowest BCUT2D eigenvalue weighted by atomic mass is 10.3. The average molecular weight is 281 g/mol. The standard InChI is InChI=1S/C11H15N5O2S/c1-2-9-7-12-11(19-8-10(17)18)16(9)6-5-15-4-3-13-14-15/h3-4,7H,2,5-6,8H2,1H3,(H,17,18). The molecule has 0 amide bonds. The molecule has 0 bridgehead atoms. The summed E-state index contributed by atoms with van der Waals surface area (Å²) in [7, 11) is 0. The summed E-state index contributed by atoms with van der Waals surface area (Å²) in [5, 5.41) is 17.1. The van der Waals surface area contributed by atoms with Gasteiger partial charge in [0.15, 0.2) is 5.16 Å². The lowest BCUT2D eigenvalue weighted by Crippen LogP contribution is -2.12. The minimum Gasteiger partial charge on any atom is -0.481 e. The Hall–Kier alpha value is -1.83. The monoisotopic (exact) mass is 281 g/mol. The van der Waals surface area contributed by atoms with E-state index >= 15 is 0 Å². The van der Waals surface area contributed by atoms with Crippen LogP contribution in [-0.2, 0) is 24.3 Å². The van der Waals surface area contributed by atoms with Gasteiger partial charge in [-0.1, -0.05) is 23.9 Å². The molecular formula is C11H15N5O2S. The highest BCUT2D eigenvalue weighted by atomic mass is 32.2. The van der Waals surface area contributed by atoms with E-state index in [-0.39, 0.29) is 5.75 Å². The molecule has 2 aromatic heterocycles. The first-order valence-corrected chi connectivity index (χ1v) is 6.92. The normalized spacial score (nSPS) is 10.8. The minimum absolute atomic E-state index is 0.0174. The second-order valence-electron chi connectivity index (χ2n) is 3.89. The maximum absolute atomic E-state index is 10.6. The van der Waals surface area contributed by atoms with Crippen LogP contribution in [0.3, 0.4) is 0 Å². The molecule has 0 aromatic carbocycles. The molecule has 0 saturated carbocycles. The molecule has 0 unspecified atom stereocenters. The van der Waals surface area contributed by atoms with Gasteiger partial charge in [-0.2, -0.15) is 0 Å². The van der Waals surface area contributed by atoms with E-state index in [1.165, 1.54) is 11.8 Å². The number of aliphatic carboxylic acids is 1. The number of imidazole rings is 1. The van der Waals surface area contributed by atoms with Crippen molar-refractivity contribution in [2.24, 2.45) is 0 Å². The Labute approximate surface area is 114 Å². The summed E-state index contributed by atoms with van der Waals surface area (Å²) in [6.45, 7) is 3.44. The summed E-state index contributed by atoms with van der Waals surface area (Å²) in [6.07, 6.45) is 6.09. The quantitative estimate of drug-likeness (QED) is 0.759. The van der Waals surface area contributed by atoms with Gasteiger partial charge in [-0.05, 0) is 6.42 Å². The number of aromatic nitrogens is 5. The lowest BCUT2D eigenvalue weighted by Gasteiger charge is -2.10. The van der Waals surface area contributed by atoms with Crippen LogP contribution in [0, 0.1) is 0 Å². The van der Waals surface area contributed by atoms with Gasteiger partial charge >= 0.3 is 5.97 Å². The van der Waals surface area contributed by atoms with Crippen LogP contribution >= 0.6 is 11.8 Å². The van der Waals surface area contributed by atoms with Gasteiger partial charge in [-0.3, -0.25) is 9.48 Å². The van der Waals surface area contributed by atoms with Crippen molar-refractivity contribution < 1.29 is 9.90 Å². The fourth-order valence-electron chi connectivity index (χ4n) is 1.71. The molecule has 8 heteroatoms. The molecule has 0 fully saturated rings. The zero-order valence-electron chi connectivity index (χ0n) is 10.6. The van der Waals surface area contributed by atoms with E-state index in [4.69, 9.17) is 5.11 Å². The van der Waals surface area contributed by atoms with Crippen LogP contribution in [0.1, 0.15) is 12.6 Å². The predicted octanol–water partition coefficient (Wildman–Crippen LogP) is 0.914. The first kappa shape index (κ1) is 13.6. The van der Waals surface area contributed by atoms with Gasteiger partial charge in [-0.25, -0.2) is 4.98 Å². The highest BCUT2D eigenvalue weighted by molar-refractivity contribution is 7.99. The number of thioether (sulfide) groups is 1. The van der Waals surface area contributed by atoms with Crippen LogP contribution < -0.4 is 0 Å². The van der Waals surface area contributed by atoms with Crippen LogP contribution in [0.25, 0.3) is 0 Å². The SMILES string of the molecule is CCc1cnc(SCC(=O)O)n1CCn1ccnn1. The molecule has 2 aromatic rings. The molecular weight excluding hydrogens is 266 g/mol. The fourth-order valence-corrected chi connectivity index (χ4v) is 2.45. The topological polar surface area (TPSA) is 85.8 Å². The Morgan fingerprint density at radius 1 is 1.47 bits per heavy atom. The number of aryl methyl sites for hydroxylation is 2. The first-order chi connectivity index (χ1) is 9.20. The number of carbonyl (C=O) groups is 1. The van der Waals surface area contributed by atoms with Crippen molar-refractivity contribution >= 4 is 17.7 Å². The van der Waals surface area contributed by atoms with Crippen molar-refractivity contribution in [2.75, 3.05) is 5.75 Å². The molecule has 0 saturated heterocycles. The second-order valence-corrected chi connectivity index (χ2v) is 4.83. The molecule has 1 N–H and O–H groups in total. The maximum Gasteiger partial charge on any atom is 0.313 e. The van der Waals surface area contributed by atoms with E-state index in [0.29, 0.717) is 13.1 Å². The van der Waals surface area contributed by atoms with Crippen molar-refractivity contribution in [2.45, 2.75) is 31.6 Å². The molecule has 19 heavy (non-hydrogen) atoms. The molecule has 2 rings (SSSR count). The van der Waals surface area contributed by atoms with E-state index in [9.17, 15) is 4.79 Å². The zero-order valence-corrected chi connectivity index (χ0v) is 11.4. The van der Waals surface area contributed by atoms with Crippen LogP contribution in [0.4, 0.5) is 0 Å². The third-order valence-corrected chi connectivity index (χ3v) is 3.59. The summed E-state index contributed by atoms with van der Waals surface area (Å²) in [5.74, 6) is -0.822. The highest BCUT2D eigenvalue weighted by Crippen LogP contribution is 2.19. The van der Waals surface area contributed by atoms with E-state index < -0.39 is 5.97 Å². The largest absolute Gasteiger partial charge is 0.481 e. The van der Waals surface area contributed by atoms with Crippen molar-refractivity contribution in [3.63, 3.8) is 0 Å². The summed E-state index contributed by atoms with van der Waals surface area (Å²) in [5.41, 5.74) is 1.09. The number of carboxylic acid groups (broad SMARTS) is 1. The zero-order chi connectivity index (χ0) is 13.7. The Kier molecular flexibility index (Phi) is 4.56. The number of hydrogen-bond donors (Lipinski definition) is 1. The van der Waals surface area contributed by atoms with E-state index in [2.05, 4.69) is 22.2 Å². The van der Waals surface area contributed by atoms with Gasteiger partial charge in [0.25, 0.3) is 0 Å². The number of carboxylic acids is 1. The first-order valence-electron chi connectivity index (χ1n) is 5.93. The molecule has 0 aliphatic heterocycles. The van der Waals surface area contributed by atoms with Crippen molar-refractivity contribution in [1.82, 2.24) is 24.5 Å². The molecule has 7 nitrogen and oxygen atoms in total. The minimum atomic E-state index is -0.839. The summed E-state index contributed by atoms with van der Waals surface area (Å²) in [4.78, 5) is 14.9. The van der Waals surface area contributed by atoms with Gasteiger partial charge < -0.3 is 9.67 Å². The van der Waals surface area contributed by atoms with Gasteiger partial charge in [0, 0.05) is 24.6 Å². The van der Waals surface area contributed by atoms with Gasteiger partial charge in [0.1, 0.15) is 0 Å². The molecule has 0 radical (unpaired) electrons. The van der Waals surface area contributed by atoms with Crippen molar-refractivity contribution in [3.05, 3.63) is 24.3 Å². The van der Waals surface area contributed by atoms with Gasteiger partial charge in [0.05, 0.1) is 18.5 Å². The maximum atomic E-state index is 10.6. The van der Waals surface area contributed by atoms with Crippen molar-refractivity contribution in [1.29, 1.82) is 0 Å². The number of rotatable bonds is 7. The summed E-state index contributed by atoms with van der Waals surface area (Å²) < 4.78 is 3.78. The van der Waals surface area contributed by atoms with Crippen LogP contribution in [0.5, 0.6) is 0 Å². The van der Waals surface area contributed by atoms with Gasteiger partial charge in [-0.15, -0.1) is 5.10 Å². The Bertz CT molecular complexity index is 537. The van der Waals surface area contributed by atoms with Gasteiger partial charge in [0.2, 0.25) is 0 Å². The Morgan fingerprint density at radius 2 is 2.32 bits per heavy atom. The third-order valence-electron chi connectivity index (χ3n) is 2.61. The molecule has 0 spiro atoms. The Morgan fingerprint density at radius 3 is 2.95 bits per heavy atom. The average Bonchev–Trinajstić information content (AvgIpc) is 3.02. The highest BCUT2D eigenvalue weighted by Gasteiger charge is 2.11. The molecule has 102 valence electrons. The Balaban J connectivity index is 2.07. The van der Waals surface area contributed by atoms with E-state index in [0.717, 1.165) is 17.3 Å². The fraction of sp³-hybridized carbons (Fsp3) is 0.455. The van der Waals surface area contributed by atoms with Crippen LogP contribution in [0.2, 0.25) is 0 Å². The smallest absolute Gasteiger partial charge is 0.313 e. The summed E-state index contributed by atoms with van der Waals surface area (Å²) in [6, 6.07) is 0. The summed E-state index contributed by atoms with van der Waals surface area (Å²) >= 11 is 1.24. The predicted molar refractivity (Wildman–Crippen MR) is 70.0 cm³/mol. The number of hydrogen-bond acceptors (Lipinski definition) is 5. The molecule has 0 aliphatic rings. The second kappa shape index (κ2) is 6.37. The number of nitrogens with zero attached hydrogens (tertiary/aromatic N) is 5. The molecule has 0 aliphatic carbocycles. The molecule has 2 heterocycles. The van der Waals surface area contributed by atoms with Crippen molar-refractivity contribution in [3.8, 4) is 0 Å². The van der Waals surface area contributed by atoms with E-state index in [1.54, 1.807) is 23.3 Å². The third kappa shape index (κ3) is 3.57. The van der Waals surface area contributed by atoms with Crippen LogP contribution in [0.15, 0.2) is 23.7 Å². The van der Waals surface area contributed by atoms with E-state index in [1.807, 2.05) is 4.57 Å². The lowest BCUT2D eigenvalue weighted by molar-refractivity contribution is -0.133.